The Morgan fingerprint density at radius 2 is 2.21 bits per heavy atom. The summed E-state index contributed by atoms with van der Waals surface area (Å²) in [6.45, 7) is 0.502. The van der Waals surface area contributed by atoms with Crippen molar-refractivity contribution >= 4 is 11.7 Å². The number of hydrogen-bond donors (Lipinski definition) is 3. The molecule has 2 amide bonds. The Morgan fingerprint density at radius 3 is 2.89 bits per heavy atom. The van der Waals surface area contributed by atoms with E-state index in [0.29, 0.717) is 18.0 Å². The Bertz CT molecular complexity index is 436. The van der Waals surface area contributed by atoms with Gasteiger partial charge in [-0.15, -0.1) is 0 Å². The van der Waals surface area contributed by atoms with Crippen molar-refractivity contribution in [2.45, 2.75) is 25.4 Å². The van der Waals surface area contributed by atoms with Gasteiger partial charge < -0.3 is 20.5 Å². The predicted molar refractivity (Wildman–Crippen MR) is 73.4 cm³/mol. The van der Waals surface area contributed by atoms with Crippen LogP contribution in [0.1, 0.15) is 19.3 Å². The smallest absolute Gasteiger partial charge is 0.319 e. The summed E-state index contributed by atoms with van der Waals surface area (Å²) in [7, 11) is 1.56. The lowest BCUT2D eigenvalue weighted by atomic mass is 10.1. The fourth-order valence-corrected chi connectivity index (χ4v) is 2.39. The number of carbonyl (C=O) groups is 1. The Morgan fingerprint density at radius 1 is 1.42 bits per heavy atom. The van der Waals surface area contributed by atoms with Crippen molar-refractivity contribution in [3.63, 3.8) is 0 Å². The number of aliphatic hydroxyl groups is 1. The standard InChI is InChI=1S/C14H20N2O3/c1-19-13-8-3-2-6-11(13)16-14(18)15-9-10-5-4-7-12(10)17/h2-3,6,8,10,12,17H,4-5,7,9H2,1H3,(H2,15,16,18). The molecule has 5 nitrogen and oxygen atoms in total. The summed E-state index contributed by atoms with van der Waals surface area (Å²) in [5.41, 5.74) is 0.634. The molecule has 0 bridgehead atoms. The lowest BCUT2D eigenvalue weighted by Gasteiger charge is -2.16. The fraction of sp³-hybridized carbons (Fsp3) is 0.500. The zero-order valence-electron chi connectivity index (χ0n) is 11.1. The maximum absolute atomic E-state index is 11.8. The lowest BCUT2D eigenvalue weighted by Crippen LogP contribution is -2.35. The van der Waals surface area contributed by atoms with E-state index in [2.05, 4.69) is 10.6 Å². The maximum Gasteiger partial charge on any atom is 0.319 e. The van der Waals surface area contributed by atoms with E-state index in [9.17, 15) is 9.90 Å². The van der Waals surface area contributed by atoms with Gasteiger partial charge >= 0.3 is 6.03 Å². The molecule has 0 spiro atoms. The zero-order valence-corrected chi connectivity index (χ0v) is 11.1. The number of aliphatic hydroxyl groups excluding tert-OH is 1. The Kier molecular flexibility index (Phi) is 4.63. The number of hydrogen-bond acceptors (Lipinski definition) is 3. The average Bonchev–Trinajstić information content (AvgIpc) is 2.82. The molecule has 1 fully saturated rings. The van der Waals surface area contributed by atoms with Crippen LogP contribution < -0.4 is 15.4 Å². The number of carbonyl (C=O) groups excluding carboxylic acids is 1. The van der Waals surface area contributed by atoms with Crippen LogP contribution in [0.5, 0.6) is 5.75 Å². The summed E-state index contributed by atoms with van der Waals surface area (Å²) >= 11 is 0. The van der Waals surface area contributed by atoms with Gasteiger partial charge in [-0.05, 0) is 25.0 Å². The minimum Gasteiger partial charge on any atom is -0.495 e. The third-order valence-corrected chi connectivity index (χ3v) is 3.50. The number of methoxy groups -OCH3 is 1. The molecule has 2 atom stereocenters. The van der Waals surface area contributed by atoms with Crippen molar-refractivity contribution in [3.05, 3.63) is 24.3 Å². The first-order valence-electron chi connectivity index (χ1n) is 6.56. The number of anilines is 1. The Balaban J connectivity index is 1.84. The molecule has 2 unspecified atom stereocenters. The quantitative estimate of drug-likeness (QED) is 0.778. The van der Waals surface area contributed by atoms with Gasteiger partial charge in [-0.3, -0.25) is 0 Å². The maximum atomic E-state index is 11.8. The molecule has 1 saturated carbocycles. The van der Waals surface area contributed by atoms with Gasteiger partial charge in [0.1, 0.15) is 5.75 Å². The number of urea groups is 1. The van der Waals surface area contributed by atoms with Crippen molar-refractivity contribution in [2.24, 2.45) is 5.92 Å². The van der Waals surface area contributed by atoms with E-state index in [1.807, 2.05) is 12.1 Å². The number of ether oxygens (including phenoxy) is 1. The van der Waals surface area contributed by atoms with E-state index in [4.69, 9.17) is 4.74 Å². The van der Waals surface area contributed by atoms with Crippen LogP contribution in [0.25, 0.3) is 0 Å². The molecule has 0 radical (unpaired) electrons. The van der Waals surface area contributed by atoms with Crippen LogP contribution in [0.2, 0.25) is 0 Å². The zero-order chi connectivity index (χ0) is 13.7. The molecule has 1 aromatic rings. The van der Waals surface area contributed by atoms with Gasteiger partial charge in [0, 0.05) is 12.5 Å². The first-order chi connectivity index (χ1) is 9.20. The second kappa shape index (κ2) is 6.43. The third-order valence-electron chi connectivity index (χ3n) is 3.50. The summed E-state index contributed by atoms with van der Waals surface area (Å²) < 4.78 is 5.16. The van der Waals surface area contributed by atoms with E-state index in [-0.39, 0.29) is 18.1 Å². The molecule has 0 aromatic heterocycles. The van der Waals surface area contributed by atoms with Crippen LogP contribution in [0.3, 0.4) is 0 Å². The van der Waals surface area contributed by atoms with Crippen LogP contribution in [0.15, 0.2) is 24.3 Å². The second-order valence-electron chi connectivity index (χ2n) is 4.79. The van der Waals surface area contributed by atoms with Gasteiger partial charge in [-0.25, -0.2) is 4.79 Å². The minimum absolute atomic E-state index is 0.170. The molecular formula is C14H20N2O3. The van der Waals surface area contributed by atoms with Crippen LogP contribution in [0, 0.1) is 5.92 Å². The summed E-state index contributed by atoms with van der Waals surface area (Å²) in [4.78, 5) is 11.8. The number of rotatable bonds is 4. The predicted octanol–water partition coefficient (Wildman–Crippen LogP) is 1.98. The molecule has 19 heavy (non-hydrogen) atoms. The van der Waals surface area contributed by atoms with Gasteiger partial charge in [0.05, 0.1) is 18.9 Å². The molecule has 3 N–H and O–H groups in total. The highest BCUT2D eigenvalue weighted by atomic mass is 16.5. The summed E-state index contributed by atoms with van der Waals surface area (Å²) in [6.07, 6.45) is 2.55. The molecule has 0 aliphatic heterocycles. The van der Waals surface area contributed by atoms with Gasteiger partial charge in [-0.2, -0.15) is 0 Å². The molecule has 1 aliphatic carbocycles. The molecule has 0 heterocycles. The monoisotopic (exact) mass is 264 g/mol. The number of para-hydroxylation sites is 2. The Labute approximate surface area is 113 Å². The molecule has 1 aliphatic rings. The molecule has 104 valence electrons. The number of amides is 2. The highest BCUT2D eigenvalue weighted by molar-refractivity contribution is 5.90. The van der Waals surface area contributed by atoms with E-state index >= 15 is 0 Å². The number of benzene rings is 1. The van der Waals surface area contributed by atoms with E-state index < -0.39 is 0 Å². The molecule has 2 rings (SSSR count). The van der Waals surface area contributed by atoms with Gasteiger partial charge in [0.15, 0.2) is 0 Å². The van der Waals surface area contributed by atoms with Crippen LogP contribution in [-0.2, 0) is 0 Å². The van der Waals surface area contributed by atoms with Gasteiger partial charge in [0.25, 0.3) is 0 Å². The average molecular weight is 264 g/mol. The van der Waals surface area contributed by atoms with Crippen LogP contribution in [0.4, 0.5) is 10.5 Å². The summed E-state index contributed by atoms with van der Waals surface area (Å²) in [6, 6.07) is 6.97. The highest BCUT2D eigenvalue weighted by Gasteiger charge is 2.25. The first-order valence-corrected chi connectivity index (χ1v) is 6.56. The van der Waals surface area contributed by atoms with Gasteiger partial charge in [-0.1, -0.05) is 18.6 Å². The first kappa shape index (κ1) is 13.7. The lowest BCUT2D eigenvalue weighted by molar-refractivity contribution is 0.133. The Hall–Kier alpha value is -1.75. The number of nitrogens with one attached hydrogen (secondary N) is 2. The van der Waals surface area contributed by atoms with Crippen molar-refractivity contribution in [1.82, 2.24) is 5.32 Å². The van der Waals surface area contributed by atoms with Crippen molar-refractivity contribution in [3.8, 4) is 5.75 Å². The van der Waals surface area contributed by atoms with E-state index in [1.54, 1.807) is 19.2 Å². The molecular weight excluding hydrogens is 244 g/mol. The largest absolute Gasteiger partial charge is 0.495 e. The fourth-order valence-electron chi connectivity index (χ4n) is 2.39. The van der Waals surface area contributed by atoms with E-state index in [1.165, 1.54) is 0 Å². The molecule has 5 heteroatoms. The topological polar surface area (TPSA) is 70.6 Å². The summed E-state index contributed by atoms with van der Waals surface area (Å²) in [5.74, 6) is 0.793. The molecule has 1 aromatic carbocycles. The van der Waals surface area contributed by atoms with Gasteiger partial charge in [0.2, 0.25) is 0 Å². The molecule has 0 saturated heterocycles. The third kappa shape index (κ3) is 3.61. The minimum atomic E-state index is -0.286. The van der Waals surface area contributed by atoms with Crippen molar-refractivity contribution in [1.29, 1.82) is 0 Å². The normalized spacial score (nSPS) is 22.0. The second-order valence-corrected chi connectivity index (χ2v) is 4.79. The summed E-state index contributed by atoms with van der Waals surface area (Å²) in [5, 5.41) is 15.2. The highest BCUT2D eigenvalue weighted by Crippen LogP contribution is 2.25. The van der Waals surface area contributed by atoms with E-state index in [0.717, 1.165) is 19.3 Å². The van der Waals surface area contributed by atoms with Crippen LogP contribution in [-0.4, -0.2) is 30.9 Å². The van der Waals surface area contributed by atoms with Crippen LogP contribution >= 0.6 is 0 Å². The SMILES string of the molecule is COc1ccccc1NC(=O)NCC1CCCC1O. The van der Waals surface area contributed by atoms with Crippen molar-refractivity contribution < 1.29 is 14.6 Å². The van der Waals surface area contributed by atoms with Crippen molar-refractivity contribution in [2.75, 3.05) is 19.0 Å².